The lowest BCUT2D eigenvalue weighted by Crippen LogP contribution is -2.43. The SMILES string of the molecule is Cl.O=C(O)c1cn(C2CC2)c2cc(N3CCNCC3)ccc2c1=O. The number of anilines is 1. The van der Waals surface area contributed by atoms with Crippen molar-refractivity contribution in [2.45, 2.75) is 18.9 Å². The first-order valence-electron chi connectivity index (χ1n) is 8.03. The van der Waals surface area contributed by atoms with Crippen molar-refractivity contribution in [3.63, 3.8) is 0 Å². The van der Waals surface area contributed by atoms with Crippen LogP contribution in [0.5, 0.6) is 0 Å². The fourth-order valence-corrected chi connectivity index (χ4v) is 3.26. The van der Waals surface area contributed by atoms with Gasteiger partial charge in [0.05, 0.1) is 5.52 Å². The number of nitrogens with one attached hydrogen (secondary N) is 1. The van der Waals surface area contributed by atoms with Crippen molar-refractivity contribution >= 4 is 35.0 Å². The second kappa shape index (κ2) is 6.45. The van der Waals surface area contributed by atoms with E-state index in [2.05, 4.69) is 10.2 Å². The van der Waals surface area contributed by atoms with Crippen LogP contribution in [0.15, 0.2) is 29.2 Å². The van der Waals surface area contributed by atoms with Crippen molar-refractivity contribution in [1.29, 1.82) is 0 Å². The minimum absolute atomic E-state index is 0. The Morgan fingerprint density at radius 3 is 2.54 bits per heavy atom. The average Bonchev–Trinajstić information content (AvgIpc) is 3.40. The molecule has 1 aliphatic heterocycles. The highest BCUT2D eigenvalue weighted by Gasteiger charge is 2.27. The molecule has 2 fully saturated rings. The molecule has 1 saturated heterocycles. The summed E-state index contributed by atoms with van der Waals surface area (Å²) < 4.78 is 1.98. The van der Waals surface area contributed by atoms with Gasteiger partial charge in [-0.05, 0) is 31.0 Å². The smallest absolute Gasteiger partial charge is 0.341 e. The molecule has 7 heteroatoms. The van der Waals surface area contributed by atoms with Gasteiger partial charge in [-0.1, -0.05) is 0 Å². The van der Waals surface area contributed by atoms with Crippen molar-refractivity contribution in [3.8, 4) is 0 Å². The Kier molecular flexibility index (Phi) is 4.51. The van der Waals surface area contributed by atoms with E-state index in [4.69, 9.17) is 0 Å². The molecule has 4 rings (SSSR count). The number of pyridine rings is 1. The quantitative estimate of drug-likeness (QED) is 0.884. The third-order valence-electron chi connectivity index (χ3n) is 4.67. The molecule has 2 heterocycles. The van der Waals surface area contributed by atoms with Crippen molar-refractivity contribution in [1.82, 2.24) is 9.88 Å². The number of rotatable bonds is 3. The number of halogens is 1. The molecule has 0 atom stereocenters. The van der Waals surface area contributed by atoms with Gasteiger partial charge in [-0.3, -0.25) is 4.79 Å². The predicted molar refractivity (Wildman–Crippen MR) is 95.8 cm³/mol. The zero-order chi connectivity index (χ0) is 16.0. The van der Waals surface area contributed by atoms with Crippen molar-refractivity contribution in [3.05, 3.63) is 40.2 Å². The molecule has 0 spiro atoms. The van der Waals surface area contributed by atoms with E-state index in [-0.39, 0.29) is 18.0 Å². The second-order valence-electron chi connectivity index (χ2n) is 6.25. The molecule has 6 nitrogen and oxygen atoms in total. The summed E-state index contributed by atoms with van der Waals surface area (Å²) in [5.41, 5.74) is 1.41. The van der Waals surface area contributed by atoms with Gasteiger partial charge in [0, 0.05) is 49.5 Å². The van der Waals surface area contributed by atoms with Gasteiger partial charge in [-0.2, -0.15) is 0 Å². The Labute approximate surface area is 145 Å². The van der Waals surface area contributed by atoms with Crippen LogP contribution in [0, 0.1) is 0 Å². The lowest BCUT2D eigenvalue weighted by Gasteiger charge is -2.29. The minimum Gasteiger partial charge on any atom is -0.477 e. The van der Waals surface area contributed by atoms with Gasteiger partial charge in [0.2, 0.25) is 5.43 Å². The number of piperazine rings is 1. The summed E-state index contributed by atoms with van der Waals surface area (Å²) in [5.74, 6) is -1.16. The summed E-state index contributed by atoms with van der Waals surface area (Å²) >= 11 is 0. The highest BCUT2D eigenvalue weighted by atomic mass is 35.5. The van der Waals surface area contributed by atoms with E-state index >= 15 is 0 Å². The van der Waals surface area contributed by atoms with Crippen molar-refractivity contribution < 1.29 is 9.90 Å². The van der Waals surface area contributed by atoms with Gasteiger partial charge in [0.25, 0.3) is 0 Å². The first kappa shape index (κ1) is 16.8. The summed E-state index contributed by atoms with van der Waals surface area (Å²) in [6.07, 6.45) is 3.59. The zero-order valence-electron chi connectivity index (χ0n) is 13.2. The molecule has 1 saturated carbocycles. The molecular formula is C17H20ClN3O3. The van der Waals surface area contributed by atoms with Crippen LogP contribution >= 0.6 is 12.4 Å². The standard InChI is InChI=1S/C17H19N3O3.ClH/c21-16-13-4-3-12(19-7-5-18-6-8-19)9-15(13)20(11-1-2-11)10-14(16)17(22)23;/h3-4,9-11,18H,1-2,5-8H2,(H,22,23);1H. The number of fused-ring (bicyclic) bond motifs is 1. The molecule has 0 amide bonds. The number of aromatic carboxylic acids is 1. The summed E-state index contributed by atoms with van der Waals surface area (Å²) in [7, 11) is 0. The third kappa shape index (κ3) is 2.87. The molecule has 1 aliphatic carbocycles. The molecule has 2 N–H and O–H groups in total. The van der Waals surface area contributed by atoms with Crippen LogP contribution in [0.1, 0.15) is 29.2 Å². The number of aromatic nitrogens is 1. The number of hydrogen-bond donors (Lipinski definition) is 2. The maximum atomic E-state index is 12.4. The van der Waals surface area contributed by atoms with E-state index < -0.39 is 11.4 Å². The normalized spacial score (nSPS) is 17.6. The van der Waals surface area contributed by atoms with Gasteiger partial charge in [-0.15, -0.1) is 12.4 Å². The molecule has 1 aromatic heterocycles. The summed E-state index contributed by atoms with van der Waals surface area (Å²) in [5, 5.41) is 13.1. The van der Waals surface area contributed by atoms with Gasteiger partial charge >= 0.3 is 5.97 Å². The monoisotopic (exact) mass is 349 g/mol. The molecule has 24 heavy (non-hydrogen) atoms. The van der Waals surface area contributed by atoms with Crippen LogP contribution in [-0.2, 0) is 0 Å². The van der Waals surface area contributed by atoms with Crippen molar-refractivity contribution in [2.75, 3.05) is 31.1 Å². The lowest BCUT2D eigenvalue weighted by molar-refractivity contribution is 0.0695. The third-order valence-corrected chi connectivity index (χ3v) is 4.67. The largest absolute Gasteiger partial charge is 0.477 e. The summed E-state index contributed by atoms with van der Waals surface area (Å²) in [6.45, 7) is 3.77. The van der Waals surface area contributed by atoms with Crippen molar-refractivity contribution in [2.24, 2.45) is 0 Å². The molecule has 2 aromatic rings. The second-order valence-corrected chi connectivity index (χ2v) is 6.25. The summed E-state index contributed by atoms with van der Waals surface area (Å²) in [6, 6.07) is 6.05. The van der Waals surface area contributed by atoms with Crippen LogP contribution in [0.25, 0.3) is 10.9 Å². The number of carbonyl (C=O) groups is 1. The number of carboxylic acids is 1. The van der Waals surface area contributed by atoms with E-state index in [1.165, 1.54) is 6.20 Å². The van der Waals surface area contributed by atoms with Gasteiger partial charge < -0.3 is 19.9 Å². The average molecular weight is 350 g/mol. The topological polar surface area (TPSA) is 74.6 Å². The fourth-order valence-electron chi connectivity index (χ4n) is 3.26. The number of benzene rings is 1. The van der Waals surface area contributed by atoms with Gasteiger partial charge in [-0.25, -0.2) is 4.79 Å². The molecule has 0 radical (unpaired) electrons. The molecule has 128 valence electrons. The van der Waals surface area contributed by atoms with E-state index in [0.717, 1.165) is 50.2 Å². The van der Waals surface area contributed by atoms with Crippen LogP contribution in [0.2, 0.25) is 0 Å². The Morgan fingerprint density at radius 2 is 1.92 bits per heavy atom. The molecule has 2 aliphatic rings. The Bertz CT molecular complexity index is 839. The number of hydrogen-bond acceptors (Lipinski definition) is 4. The lowest BCUT2D eigenvalue weighted by atomic mass is 10.1. The Morgan fingerprint density at radius 1 is 1.21 bits per heavy atom. The van der Waals surface area contributed by atoms with E-state index in [1.807, 2.05) is 16.7 Å². The van der Waals surface area contributed by atoms with E-state index in [1.54, 1.807) is 6.07 Å². The molecule has 0 bridgehead atoms. The van der Waals surface area contributed by atoms with Crippen LogP contribution < -0.4 is 15.6 Å². The minimum atomic E-state index is -1.16. The number of carboxylic acid groups (broad SMARTS) is 1. The molecular weight excluding hydrogens is 330 g/mol. The Balaban J connectivity index is 0.00000169. The first-order chi connectivity index (χ1) is 11.1. The highest BCUT2D eigenvalue weighted by Crippen LogP contribution is 2.37. The molecule has 1 aromatic carbocycles. The maximum Gasteiger partial charge on any atom is 0.341 e. The van der Waals surface area contributed by atoms with Crippen LogP contribution in [0.3, 0.4) is 0 Å². The predicted octanol–water partition coefficient (Wildman–Crippen LogP) is 1.87. The fraction of sp³-hybridized carbons (Fsp3) is 0.412. The first-order valence-corrected chi connectivity index (χ1v) is 8.03. The zero-order valence-corrected chi connectivity index (χ0v) is 14.0. The van der Waals surface area contributed by atoms with E-state index in [0.29, 0.717) is 11.4 Å². The highest BCUT2D eigenvalue weighted by molar-refractivity contribution is 5.93. The van der Waals surface area contributed by atoms with Gasteiger partial charge in [0.1, 0.15) is 5.56 Å². The number of nitrogens with zero attached hydrogens (tertiary/aromatic N) is 2. The maximum absolute atomic E-state index is 12.4. The van der Waals surface area contributed by atoms with Gasteiger partial charge in [0.15, 0.2) is 0 Å². The van der Waals surface area contributed by atoms with Crippen LogP contribution in [-0.4, -0.2) is 41.8 Å². The Hall–Kier alpha value is -2.05. The van der Waals surface area contributed by atoms with E-state index in [9.17, 15) is 14.7 Å². The van der Waals surface area contributed by atoms with Crippen LogP contribution in [0.4, 0.5) is 5.69 Å². The summed E-state index contributed by atoms with van der Waals surface area (Å²) in [4.78, 5) is 26.1. The molecule has 0 unspecified atom stereocenters.